The number of ether oxygens (including phenoxy) is 2. The second-order valence-electron chi connectivity index (χ2n) is 5.98. The van der Waals surface area contributed by atoms with Gasteiger partial charge >= 0.3 is 11.7 Å². The summed E-state index contributed by atoms with van der Waals surface area (Å²) in [6.45, 7) is 2.94. The summed E-state index contributed by atoms with van der Waals surface area (Å²) in [4.78, 5) is 34.3. The van der Waals surface area contributed by atoms with Crippen LogP contribution >= 0.6 is 0 Å². The average molecular weight is 366 g/mol. The summed E-state index contributed by atoms with van der Waals surface area (Å²) in [6, 6.07) is 3.91. The van der Waals surface area contributed by atoms with Gasteiger partial charge in [-0.1, -0.05) is 0 Å². The number of carboxylic acid groups (broad SMARTS) is 1. The third kappa shape index (κ3) is 4.92. The molecule has 1 aliphatic heterocycles. The van der Waals surface area contributed by atoms with Gasteiger partial charge in [-0.15, -0.1) is 0 Å². The molecule has 1 aliphatic rings. The Hall–Kier alpha value is -2.68. The van der Waals surface area contributed by atoms with E-state index in [9.17, 15) is 24.8 Å². The molecular weight excluding hydrogens is 344 g/mol. The fourth-order valence-corrected chi connectivity index (χ4v) is 2.96. The molecule has 1 aromatic rings. The van der Waals surface area contributed by atoms with Crippen LogP contribution in [-0.2, 0) is 9.53 Å². The summed E-state index contributed by atoms with van der Waals surface area (Å²) in [5.41, 5.74) is -0.227. The van der Waals surface area contributed by atoms with E-state index in [-0.39, 0.29) is 36.1 Å². The second-order valence-corrected chi connectivity index (χ2v) is 5.98. The number of carboxylic acids is 1. The molecule has 0 radical (unpaired) electrons. The molecule has 0 saturated carbocycles. The number of nitrogens with one attached hydrogen (secondary N) is 1. The fourth-order valence-electron chi connectivity index (χ4n) is 2.96. The van der Waals surface area contributed by atoms with E-state index in [1.165, 1.54) is 12.1 Å². The molecule has 9 heteroatoms. The highest BCUT2D eigenvalue weighted by Crippen LogP contribution is 2.28. The quantitative estimate of drug-likeness (QED) is 0.531. The van der Waals surface area contributed by atoms with Crippen LogP contribution in [0.2, 0.25) is 0 Å². The molecular formula is C17H22N2O7. The Kier molecular flexibility index (Phi) is 6.90. The lowest BCUT2D eigenvalue weighted by molar-refractivity contribution is -0.385. The number of benzene rings is 1. The lowest BCUT2D eigenvalue weighted by Gasteiger charge is -2.27. The van der Waals surface area contributed by atoms with Crippen molar-refractivity contribution in [2.45, 2.75) is 19.8 Å². The Bertz CT molecular complexity index is 671. The monoisotopic (exact) mass is 366 g/mol. The molecule has 142 valence electrons. The molecule has 2 N–H and O–H groups in total. The van der Waals surface area contributed by atoms with Crippen molar-refractivity contribution in [3.8, 4) is 5.75 Å². The molecule has 1 heterocycles. The van der Waals surface area contributed by atoms with Gasteiger partial charge in [-0.3, -0.25) is 19.7 Å². The second kappa shape index (κ2) is 9.14. The summed E-state index contributed by atoms with van der Waals surface area (Å²) in [5, 5.41) is 23.1. The Morgan fingerprint density at radius 1 is 1.42 bits per heavy atom. The van der Waals surface area contributed by atoms with Gasteiger partial charge in [-0.25, -0.2) is 0 Å². The van der Waals surface area contributed by atoms with Crippen molar-refractivity contribution in [1.29, 1.82) is 0 Å². The minimum atomic E-state index is -0.977. The highest BCUT2D eigenvalue weighted by atomic mass is 16.6. The summed E-state index contributed by atoms with van der Waals surface area (Å²) >= 11 is 0. The van der Waals surface area contributed by atoms with Crippen LogP contribution in [0.3, 0.4) is 0 Å². The molecule has 2 rings (SSSR count). The highest BCUT2D eigenvalue weighted by Gasteiger charge is 2.30. The van der Waals surface area contributed by atoms with Gasteiger partial charge in [0, 0.05) is 31.4 Å². The van der Waals surface area contributed by atoms with Gasteiger partial charge in [0.05, 0.1) is 17.4 Å². The van der Waals surface area contributed by atoms with E-state index in [0.29, 0.717) is 26.1 Å². The molecule has 1 unspecified atom stereocenters. The van der Waals surface area contributed by atoms with Crippen LogP contribution in [0.15, 0.2) is 18.2 Å². The van der Waals surface area contributed by atoms with E-state index in [1.807, 2.05) is 0 Å². The van der Waals surface area contributed by atoms with Gasteiger partial charge in [0.1, 0.15) is 0 Å². The standard InChI is InChI=1S/C17H22N2O7/c1-2-26-15-4-3-12(9-14(15)19(23)24)16(20)18-10-13(17(21)22)11-5-7-25-8-6-11/h3-4,9,11,13H,2,5-8,10H2,1H3,(H,18,20)(H,21,22). The van der Waals surface area contributed by atoms with Crippen molar-refractivity contribution < 1.29 is 29.1 Å². The SMILES string of the molecule is CCOc1ccc(C(=O)NCC(C(=O)O)C2CCOCC2)cc1[N+](=O)[O-]. The number of nitro benzene ring substituents is 1. The summed E-state index contributed by atoms with van der Waals surface area (Å²) in [5.74, 6) is -2.25. The van der Waals surface area contributed by atoms with E-state index in [1.54, 1.807) is 6.92 Å². The zero-order chi connectivity index (χ0) is 19.1. The maximum atomic E-state index is 12.3. The minimum Gasteiger partial charge on any atom is -0.487 e. The minimum absolute atomic E-state index is 0.0418. The predicted octanol–water partition coefficient (Wildman–Crippen LogP) is 1.85. The number of amides is 1. The Morgan fingerprint density at radius 2 is 2.12 bits per heavy atom. The zero-order valence-electron chi connectivity index (χ0n) is 14.5. The molecule has 1 aromatic carbocycles. The van der Waals surface area contributed by atoms with E-state index in [0.717, 1.165) is 6.07 Å². The van der Waals surface area contributed by atoms with Gasteiger partial charge in [0.15, 0.2) is 5.75 Å². The van der Waals surface area contributed by atoms with Crippen molar-refractivity contribution in [3.63, 3.8) is 0 Å². The number of nitro groups is 1. The third-order valence-electron chi connectivity index (χ3n) is 4.35. The van der Waals surface area contributed by atoms with Gasteiger partial charge in [-0.05, 0) is 37.8 Å². The normalized spacial score (nSPS) is 15.9. The lowest BCUT2D eigenvalue weighted by Crippen LogP contribution is -2.39. The molecule has 0 spiro atoms. The van der Waals surface area contributed by atoms with Crippen molar-refractivity contribution in [1.82, 2.24) is 5.32 Å². The lowest BCUT2D eigenvalue weighted by atomic mass is 9.86. The van der Waals surface area contributed by atoms with Crippen molar-refractivity contribution in [2.24, 2.45) is 11.8 Å². The first kappa shape index (κ1) is 19.6. The van der Waals surface area contributed by atoms with Gasteiger partial charge in [0.25, 0.3) is 5.91 Å². The molecule has 0 aliphatic carbocycles. The van der Waals surface area contributed by atoms with Crippen LogP contribution in [0.5, 0.6) is 5.75 Å². The molecule has 1 fully saturated rings. The number of carbonyl (C=O) groups excluding carboxylic acids is 1. The molecule has 1 saturated heterocycles. The van der Waals surface area contributed by atoms with Crippen molar-refractivity contribution in [2.75, 3.05) is 26.4 Å². The van der Waals surface area contributed by atoms with Crippen LogP contribution in [-0.4, -0.2) is 48.3 Å². The van der Waals surface area contributed by atoms with E-state index < -0.39 is 22.7 Å². The van der Waals surface area contributed by atoms with Crippen LogP contribution in [0.1, 0.15) is 30.1 Å². The van der Waals surface area contributed by atoms with Crippen LogP contribution in [0, 0.1) is 22.0 Å². The predicted molar refractivity (Wildman–Crippen MR) is 91.3 cm³/mol. The first-order chi connectivity index (χ1) is 12.4. The average Bonchev–Trinajstić information content (AvgIpc) is 2.62. The summed E-state index contributed by atoms with van der Waals surface area (Å²) in [6.07, 6.45) is 1.25. The molecule has 9 nitrogen and oxygen atoms in total. The number of hydrogen-bond acceptors (Lipinski definition) is 6. The van der Waals surface area contributed by atoms with Crippen molar-refractivity contribution in [3.05, 3.63) is 33.9 Å². The third-order valence-corrected chi connectivity index (χ3v) is 4.35. The molecule has 0 bridgehead atoms. The van der Waals surface area contributed by atoms with E-state index >= 15 is 0 Å². The van der Waals surface area contributed by atoms with Gasteiger partial charge in [-0.2, -0.15) is 0 Å². The van der Waals surface area contributed by atoms with Gasteiger partial charge < -0.3 is 19.9 Å². The summed E-state index contributed by atoms with van der Waals surface area (Å²) in [7, 11) is 0. The Balaban J connectivity index is 2.07. The van der Waals surface area contributed by atoms with Crippen molar-refractivity contribution >= 4 is 17.6 Å². The number of carbonyl (C=O) groups is 2. The highest BCUT2D eigenvalue weighted by molar-refractivity contribution is 5.95. The molecule has 0 aromatic heterocycles. The molecule has 1 amide bonds. The van der Waals surface area contributed by atoms with Crippen LogP contribution in [0.25, 0.3) is 0 Å². The number of rotatable bonds is 8. The van der Waals surface area contributed by atoms with Crippen LogP contribution < -0.4 is 10.1 Å². The zero-order valence-corrected chi connectivity index (χ0v) is 14.5. The topological polar surface area (TPSA) is 128 Å². The Labute approximate surface area is 150 Å². The maximum absolute atomic E-state index is 12.3. The Morgan fingerprint density at radius 3 is 2.69 bits per heavy atom. The maximum Gasteiger partial charge on any atom is 0.311 e. The number of aliphatic carboxylic acids is 1. The fraction of sp³-hybridized carbons (Fsp3) is 0.529. The van der Waals surface area contributed by atoms with E-state index in [4.69, 9.17) is 9.47 Å². The van der Waals surface area contributed by atoms with Gasteiger partial charge in [0.2, 0.25) is 0 Å². The van der Waals surface area contributed by atoms with E-state index in [2.05, 4.69) is 5.32 Å². The summed E-state index contributed by atoms with van der Waals surface area (Å²) < 4.78 is 10.4. The van der Waals surface area contributed by atoms with Crippen LogP contribution in [0.4, 0.5) is 5.69 Å². The smallest absolute Gasteiger partial charge is 0.311 e. The number of hydrogen-bond donors (Lipinski definition) is 2. The number of nitrogens with zero attached hydrogens (tertiary/aromatic N) is 1. The first-order valence-electron chi connectivity index (χ1n) is 8.44. The molecule has 26 heavy (non-hydrogen) atoms. The first-order valence-corrected chi connectivity index (χ1v) is 8.44. The molecule has 1 atom stereocenters. The largest absolute Gasteiger partial charge is 0.487 e.